The van der Waals surface area contributed by atoms with Gasteiger partial charge in [0.05, 0.1) is 6.54 Å². The lowest BCUT2D eigenvalue weighted by Crippen LogP contribution is -2.47. The molecule has 1 fully saturated rings. The minimum atomic E-state index is -0.959. The first-order chi connectivity index (χ1) is 9.56. The molecule has 1 aliphatic carbocycles. The second kappa shape index (κ2) is 6.74. The fourth-order valence-electron chi connectivity index (χ4n) is 2.57. The van der Waals surface area contributed by atoms with Crippen molar-refractivity contribution in [1.29, 1.82) is 0 Å². The van der Waals surface area contributed by atoms with Crippen LogP contribution in [0.3, 0.4) is 0 Å². The number of carbonyl (C=O) groups is 2. The van der Waals surface area contributed by atoms with Crippen LogP contribution in [0.4, 0.5) is 4.79 Å². The monoisotopic (exact) mass is 296 g/mol. The SMILES string of the molecule is Cc1ccc(CNC(=O)N(CC(=O)O)C2CCCC2)s1. The lowest BCUT2D eigenvalue weighted by Gasteiger charge is -2.27. The summed E-state index contributed by atoms with van der Waals surface area (Å²) in [5.41, 5.74) is 0. The molecule has 2 rings (SSSR count). The van der Waals surface area contributed by atoms with Gasteiger partial charge in [-0.3, -0.25) is 4.79 Å². The van der Waals surface area contributed by atoms with E-state index in [1.807, 2.05) is 19.1 Å². The zero-order chi connectivity index (χ0) is 14.5. The lowest BCUT2D eigenvalue weighted by atomic mass is 10.2. The number of nitrogens with zero attached hydrogens (tertiary/aromatic N) is 1. The fourth-order valence-corrected chi connectivity index (χ4v) is 3.40. The predicted molar refractivity (Wildman–Crippen MR) is 77.9 cm³/mol. The Labute approximate surface area is 122 Å². The van der Waals surface area contributed by atoms with Gasteiger partial charge in [0.25, 0.3) is 0 Å². The van der Waals surface area contributed by atoms with E-state index in [4.69, 9.17) is 5.11 Å². The molecule has 0 bridgehead atoms. The summed E-state index contributed by atoms with van der Waals surface area (Å²) in [6.07, 6.45) is 3.94. The highest BCUT2D eigenvalue weighted by Crippen LogP contribution is 2.23. The summed E-state index contributed by atoms with van der Waals surface area (Å²) >= 11 is 1.64. The Balaban J connectivity index is 1.93. The minimum Gasteiger partial charge on any atom is -0.480 e. The second-order valence-electron chi connectivity index (χ2n) is 5.13. The van der Waals surface area contributed by atoms with Crippen LogP contribution in [-0.4, -0.2) is 34.6 Å². The Morgan fingerprint density at radius 2 is 2.10 bits per heavy atom. The van der Waals surface area contributed by atoms with Crippen LogP contribution in [0.25, 0.3) is 0 Å². The molecule has 0 radical (unpaired) electrons. The minimum absolute atomic E-state index is 0.0659. The summed E-state index contributed by atoms with van der Waals surface area (Å²) in [4.78, 5) is 26.9. The van der Waals surface area contributed by atoms with Gasteiger partial charge in [-0.1, -0.05) is 12.8 Å². The van der Waals surface area contributed by atoms with Crippen molar-refractivity contribution >= 4 is 23.3 Å². The van der Waals surface area contributed by atoms with E-state index in [1.54, 1.807) is 11.3 Å². The van der Waals surface area contributed by atoms with E-state index >= 15 is 0 Å². The molecule has 110 valence electrons. The Kier molecular flexibility index (Phi) is 5.00. The van der Waals surface area contributed by atoms with E-state index < -0.39 is 5.97 Å². The first-order valence-electron chi connectivity index (χ1n) is 6.88. The van der Waals surface area contributed by atoms with Crippen LogP contribution in [0.2, 0.25) is 0 Å². The average molecular weight is 296 g/mol. The standard InChI is InChI=1S/C14H20N2O3S/c1-10-6-7-12(20-10)8-15-14(19)16(9-13(17)18)11-4-2-3-5-11/h6-7,11H,2-5,8-9H2,1H3,(H,15,19)(H,17,18). The molecule has 20 heavy (non-hydrogen) atoms. The third kappa shape index (κ3) is 3.96. The fraction of sp³-hybridized carbons (Fsp3) is 0.571. The van der Waals surface area contributed by atoms with Crippen molar-refractivity contribution in [3.05, 3.63) is 21.9 Å². The van der Waals surface area contributed by atoms with Gasteiger partial charge in [0.1, 0.15) is 6.54 Å². The summed E-state index contributed by atoms with van der Waals surface area (Å²) in [7, 11) is 0. The molecule has 6 heteroatoms. The number of thiophene rings is 1. The van der Waals surface area contributed by atoms with E-state index in [1.165, 1.54) is 9.78 Å². The molecule has 2 amide bonds. The van der Waals surface area contributed by atoms with Crippen molar-refractivity contribution in [3.8, 4) is 0 Å². The molecule has 5 nitrogen and oxygen atoms in total. The number of urea groups is 1. The highest BCUT2D eigenvalue weighted by molar-refractivity contribution is 7.11. The maximum atomic E-state index is 12.2. The van der Waals surface area contributed by atoms with Crippen molar-refractivity contribution in [2.75, 3.05) is 6.54 Å². The summed E-state index contributed by atoms with van der Waals surface area (Å²) in [6.45, 7) is 2.26. The molecule has 0 saturated heterocycles. The summed E-state index contributed by atoms with van der Waals surface area (Å²) in [5.74, 6) is -0.959. The van der Waals surface area contributed by atoms with Gasteiger partial charge in [-0.2, -0.15) is 0 Å². The number of amides is 2. The normalized spacial score (nSPS) is 15.2. The number of aliphatic carboxylic acids is 1. The smallest absolute Gasteiger partial charge is 0.323 e. The quantitative estimate of drug-likeness (QED) is 0.877. The van der Waals surface area contributed by atoms with Crippen LogP contribution in [0.5, 0.6) is 0 Å². The van der Waals surface area contributed by atoms with Crippen LogP contribution < -0.4 is 5.32 Å². The molecular weight excluding hydrogens is 276 g/mol. The molecule has 1 heterocycles. The average Bonchev–Trinajstić information content (AvgIpc) is 3.04. The highest BCUT2D eigenvalue weighted by Gasteiger charge is 2.28. The van der Waals surface area contributed by atoms with Gasteiger partial charge in [0, 0.05) is 15.8 Å². The van der Waals surface area contributed by atoms with Crippen molar-refractivity contribution < 1.29 is 14.7 Å². The maximum absolute atomic E-state index is 12.2. The summed E-state index contributed by atoms with van der Waals surface area (Å²) in [5, 5.41) is 11.8. The molecule has 0 unspecified atom stereocenters. The van der Waals surface area contributed by atoms with Crippen LogP contribution >= 0.6 is 11.3 Å². The Hall–Kier alpha value is -1.56. The first kappa shape index (κ1) is 14.8. The maximum Gasteiger partial charge on any atom is 0.323 e. The van der Waals surface area contributed by atoms with Crippen LogP contribution in [0.15, 0.2) is 12.1 Å². The molecule has 2 N–H and O–H groups in total. The number of aryl methyl sites for hydroxylation is 1. The topological polar surface area (TPSA) is 69.6 Å². The number of rotatable bonds is 5. The second-order valence-corrected chi connectivity index (χ2v) is 6.50. The van der Waals surface area contributed by atoms with Gasteiger partial charge in [-0.05, 0) is 31.9 Å². The number of hydrogen-bond acceptors (Lipinski definition) is 3. The third-order valence-corrected chi connectivity index (χ3v) is 4.54. The number of hydrogen-bond donors (Lipinski definition) is 2. The van der Waals surface area contributed by atoms with Crippen molar-refractivity contribution in [2.45, 2.75) is 45.2 Å². The predicted octanol–water partition coefficient (Wildman–Crippen LogP) is 2.60. The highest BCUT2D eigenvalue weighted by atomic mass is 32.1. The lowest BCUT2D eigenvalue weighted by molar-refractivity contribution is -0.138. The van der Waals surface area contributed by atoms with E-state index in [0.717, 1.165) is 30.6 Å². The number of nitrogens with one attached hydrogen (secondary N) is 1. The zero-order valence-electron chi connectivity index (χ0n) is 11.6. The molecule has 1 aromatic heterocycles. The Morgan fingerprint density at radius 1 is 1.40 bits per heavy atom. The molecule has 1 aromatic rings. The molecule has 0 atom stereocenters. The molecule has 1 saturated carbocycles. The van der Waals surface area contributed by atoms with Crippen LogP contribution in [0.1, 0.15) is 35.4 Å². The largest absolute Gasteiger partial charge is 0.480 e. The Bertz CT molecular complexity index is 481. The van der Waals surface area contributed by atoms with Gasteiger partial charge in [0.15, 0.2) is 0 Å². The Morgan fingerprint density at radius 3 is 2.65 bits per heavy atom. The number of carboxylic acids is 1. The molecule has 0 spiro atoms. The molecule has 0 aliphatic heterocycles. The molecule has 0 aromatic carbocycles. The number of carbonyl (C=O) groups excluding carboxylic acids is 1. The van der Waals surface area contributed by atoms with Crippen LogP contribution in [-0.2, 0) is 11.3 Å². The van der Waals surface area contributed by atoms with E-state index in [0.29, 0.717) is 6.54 Å². The van der Waals surface area contributed by atoms with Gasteiger partial charge in [-0.25, -0.2) is 4.79 Å². The van der Waals surface area contributed by atoms with Gasteiger partial charge in [-0.15, -0.1) is 11.3 Å². The van der Waals surface area contributed by atoms with Gasteiger partial charge >= 0.3 is 12.0 Å². The van der Waals surface area contributed by atoms with Crippen LogP contribution in [0, 0.1) is 6.92 Å². The van der Waals surface area contributed by atoms with Crippen molar-refractivity contribution in [3.63, 3.8) is 0 Å². The van der Waals surface area contributed by atoms with Gasteiger partial charge in [0.2, 0.25) is 0 Å². The summed E-state index contributed by atoms with van der Waals surface area (Å²) in [6, 6.07) is 3.79. The third-order valence-electron chi connectivity index (χ3n) is 3.54. The first-order valence-corrected chi connectivity index (χ1v) is 7.69. The van der Waals surface area contributed by atoms with Gasteiger partial charge < -0.3 is 15.3 Å². The number of carboxylic acid groups (broad SMARTS) is 1. The zero-order valence-corrected chi connectivity index (χ0v) is 12.4. The van der Waals surface area contributed by atoms with E-state index in [2.05, 4.69) is 5.32 Å². The van der Waals surface area contributed by atoms with E-state index in [9.17, 15) is 9.59 Å². The molecular formula is C14H20N2O3S. The molecule has 1 aliphatic rings. The van der Waals surface area contributed by atoms with Crippen molar-refractivity contribution in [1.82, 2.24) is 10.2 Å². The van der Waals surface area contributed by atoms with Crippen molar-refractivity contribution in [2.24, 2.45) is 0 Å². The summed E-state index contributed by atoms with van der Waals surface area (Å²) < 4.78 is 0. The van der Waals surface area contributed by atoms with E-state index in [-0.39, 0.29) is 18.6 Å².